The van der Waals surface area contributed by atoms with E-state index in [1.807, 2.05) is 0 Å². The Bertz CT molecular complexity index is 1190. The van der Waals surface area contributed by atoms with E-state index < -0.39 is 35.5 Å². The van der Waals surface area contributed by atoms with E-state index in [1.54, 1.807) is 19.1 Å². The second-order valence-corrected chi connectivity index (χ2v) is 11.4. The second kappa shape index (κ2) is 14.1. The Hall–Kier alpha value is -3.48. The number of ketones is 1. The van der Waals surface area contributed by atoms with Gasteiger partial charge in [-0.1, -0.05) is 17.7 Å². The minimum atomic E-state index is -1.10. The van der Waals surface area contributed by atoms with Crippen LogP contribution >= 0.6 is 0 Å². The first-order valence-corrected chi connectivity index (χ1v) is 14.5. The number of ether oxygens (including phenoxy) is 3. The van der Waals surface area contributed by atoms with E-state index in [-0.39, 0.29) is 42.1 Å². The maximum atomic E-state index is 13.7. The molecule has 0 aromatic heterocycles. The maximum absolute atomic E-state index is 13.7. The third-order valence-corrected chi connectivity index (χ3v) is 7.84. The van der Waals surface area contributed by atoms with Crippen LogP contribution in [0.25, 0.3) is 0 Å². The van der Waals surface area contributed by atoms with Gasteiger partial charge in [-0.15, -0.1) is 0 Å². The molecule has 12 heteroatoms. The number of allylic oxidation sites excluding steroid dienone is 1. The number of benzene rings is 1. The van der Waals surface area contributed by atoms with Gasteiger partial charge in [0, 0.05) is 19.5 Å². The summed E-state index contributed by atoms with van der Waals surface area (Å²) >= 11 is 0. The van der Waals surface area contributed by atoms with Crippen LogP contribution < -0.4 is 26.0 Å². The van der Waals surface area contributed by atoms with E-state index in [0.717, 1.165) is 31.4 Å². The van der Waals surface area contributed by atoms with Gasteiger partial charge < -0.3 is 40.6 Å². The monoisotopic (exact) mass is 586 g/mol. The fourth-order valence-electron chi connectivity index (χ4n) is 5.21. The molecule has 2 heterocycles. The number of morpholine rings is 1. The summed E-state index contributed by atoms with van der Waals surface area (Å²) in [7, 11) is 1.43. The third-order valence-electron chi connectivity index (χ3n) is 7.84. The van der Waals surface area contributed by atoms with Crippen LogP contribution in [0.15, 0.2) is 29.8 Å². The van der Waals surface area contributed by atoms with Gasteiger partial charge >= 0.3 is 0 Å². The molecular weight excluding hydrogens is 544 g/mol. The van der Waals surface area contributed by atoms with Crippen LogP contribution in [-0.2, 0) is 35.1 Å². The highest BCUT2D eigenvalue weighted by molar-refractivity contribution is 5.98. The zero-order chi connectivity index (χ0) is 30.3. The third kappa shape index (κ3) is 8.52. The Labute approximate surface area is 245 Å². The molecule has 1 aliphatic carbocycles. The Morgan fingerprint density at radius 3 is 2.52 bits per heavy atom. The molecule has 4 rings (SSSR count). The van der Waals surface area contributed by atoms with Crippen LogP contribution in [0.5, 0.6) is 11.5 Å². The number of carbonyl (C=O) groups excluding carboxylic acids is 4. The first-order valence-electron chi connectivity index (χ1n) is 14.5. The Morgan fingerprint density at radius 1 is 1.14 bits per heavy atom. The molecule has 1 aromatic carbocycles. The van der Waals surface area contributed by atoms with Gasteiger partial charge in [0.2, 0.25) is 17.7 Å². The lowest BCUT2D eigenvalue weighted by molar-refractivity contribution is -0.134. The highest BCUT2D eigenvalue weighted by Gasteiger charge is 2.50. The van der Waals surface area contributed by atoms with E-state index in [1.165, 1.54) is 20.1 Å². The van der Waals surface area contributed by atoms with E-state index in [0.29, 0.717) is 31.7 Å². The quantitative estimate of drug-likeness (QED) is 0.155. The number of Topliss-reactive ketones (excluding diaryl/α,β-unsaturated/α-hetero) is 1. The summed E-state index contributed by atoms with van der Waals surface area (Å²) in [6, 6.07) is 1.85. The molecule has 3 aliphatic rings. The van der Waals surface area contributed by atoms with Crippen molar-refractivity contribution in [2.24, 2.45) is 0 Å². The summed E-state index contributed by atoms with van der Waals surface area (Å²) in [5, 5.41) is 21.7. The Morgan fingerprint density at radius 2 is 1.90 bits per heavy atom. The number of hydrogen-bond acceptors (Lipinski definition) is 9. The second-order valence-electron chi connectivity index (χ2n) is 11.4. The van der Waals surface area contributed by atoms with Crippen LogP contribution in [0, 0.1) is 0 Å². The van der Waals surface area contributed by atoms with Gasteiger partial charge in [0.05, 0.1) is 38.9 Å². The molecule has 3 amide bonds. The first-order chi connectivity index (χ1) is 20.1. The zero-order valence-electron chi connectivity index (χ0n) is 24.5. The highest BCUT2D eigenvalue weighted by Crippen LogP contribution is 2.31. The Balaban J connectivity index is 1.46. The largest absolute Gasteiger partial charge is 0.504 e. The number of nitrogens with one attached hydrogen (secondary N) is 4. The maximum Gasteiger partial charge on any atom is 0.243 e. The molecule has 1 unspecified atom stereocenters. The normalized spacial score (nSPS) is 23.6. The van der Waals surface area contributed by atoms with Crippen LogP contribution in [0.4, 0.5) is 0 Å². The molecule has 0 saturated carbocycles. The van der Waals surface area contributed by atoms with Gasteiger partial charge in [-0.3, -0.25) is 19.2 Å². The number of methoxy groups -OCH3 is 1. The van der Waals surface area contributed by atoms with Crippen molar-refractivity contribution in [3.63, 3.8) is 0 Å². The van der Waals surface area contributed by atoms with Gasteiger partial charge in [0.25, 0.3) is 0 Å². The molecule has 2 fully saturated rings. The van der Waals surface area contributed by atoms with Crippen LogP contribution in [-0.4, -0.2) is 91.9 Å². The molecule has 12 nitrogen and oxygen atoms in total. The molecule has 0 spiro atoms. The topological polar surface area (TPSA) is 168 Å². The minimum absolute atomic E-state index is 0.0226. The van der Waals surface area contributed by atoms with E-state index in [9.17, 15) is 24.3 Å². The average Bonchev–Trinajstić information content (AvgIpc) is 3.50. The van der Waals surface area contributed by atoms with E-state index in [4.69, 9.17) is 14.2 Å². The number of rotatable bonds is 14. The fraction of sp³-hybridized carbons (Fsp3) is 0.600. The molecule has 5 N–H and O–H groups in total. The van der Waals surface area contributed by atoms with Crippen molar-refractivity contribution in [1.82, 2.24) is 21.3 Å². The number of aromatic hydroxyl groups is 1. The summed E-state index contributed by atoms with van der Waals surface area (Å²) in [6.07, 6.45) is 5.11. The van der Waals surface area contributed by atoms with Crippen molar-refractivity contribution in [2.75, 3.05) is 33.4 Å². The number of amides is 3. The summed E-state index contributed by atoms with van der Waals surface area (Å²) < 4.78 is 16.1. The van der Waals surface area contributed by atoms with Crippen molar-refractivity contribution in [1.29, 1.82) is 0 Å². The van der Waals surface area contributed by atoms with Gasteiger partial charge in [0.1, 0.15) is 17.7 Å². The first kappa shape index (κ1) is 31.5. The lowest BCUT2D eigenvalue weighted by Crippen LogP contribution is -2.57. The van der Waals surface area contributed by atoms with Gasteiger partial charge in [0.15, 0.2) is 17.3 Å². The van der Waals surface area contributed by atoms with Gasteiger partial charge in [-0.25, -0.2) is 0 Å². The standard InChI is InChI=1S/C30H42N4O8/c1-18(32-26(36)15-21-16-31-10-11-41-21)28(38)34-23(13-20-8-9-25(40-3)24(35)14-20)29(39)33-22(12-19-6-4-5-7-19)27(37)30(2)17-42-30/h6,8-9,14,18,21-23,31,35H,4-5,7,10-13,15-17H2,1-3H3,(H,32,36)(H,33,39)(H,34,38)/t18-,21?,22-,23-,30+/m0/s1. The number of phenolic OH excluding ortho intramolecular Hbond substituents is 1. The lowest BCUT2D eigenvalue weighted by atomic mass is 9.94. The minimum Gasteiger partial charge on any atom is -0.504 e. The van der Waals surface area contributed by atoms with Gasteiger partial charge in [-0.05, 0) is 57.2 Å². The number of phenols is 1. The lowest BCUT2D eigenvalue weighted by Gasteiger charge is -2.26. The number of hydrogen-bond donors (Lipinski definition) is 5. The summed E-state index contributed by atoms with van der Waals surface area (Å²) in [5.41, 5.74) is 0.729. The van der Waals surface area contributed by atoms with Crippen LogP contribution in [0.1, 0.15) is 51.5 Å². The molecule has 0 radical (unpaired) electrons. The van der Waals surface area contributed by atoms with Crippen molar-refractivity contribution >= 4 is 23.5 Å². The number of epoxide rings is 1. The van der Waals surface area contributed by atoms with E-state index >= 15 is 0 Å². The molecule has 0 bridgehead atoms. The molecule has 42 heavy (non-hydrogen) atoms. The zero-order valence-corrected chi connectivity index (χ0v) is 24.5. The van der Waals surface area contributed by atoms with Gasteiger partial charge in [-0.2, -0.15) is 0 Å². The summed E-state index contributed by atoms with van der Waals surface area (Å²) in [5.74, 6) is -1.52. The smallest absolute Gasteiger partial charge is 0.243 e. The van der Waals surface area contributed by atoms with Crippen molar-refractivity contribution in [3.05, 3.63) is 35.4 Å². The molecule has 5 atom stereocenters. The SMILES string of the molecule is COc1ccc(C[C@H](NC(=O)[C@H](C)NC(=O)CC2CNCCO2)C(=O)N[C@@H](CC2=CCCC2)C(=O)[C@@]2(C)CO2)cc1O. The molecular formula is C30H42N4O8. The predicted molar refractivity (Wildman–Crippen MR) is 153 cm³/mol. The Kier molecular flexibility index (Phi) is 10.6. The number of carbonyl (C=O) groups is 4. The van der Waals surface area contributed by atoms with Crippen molar-refractivity contribution < 1.29 is 38.5 Å². The van der Waals surface area contributed by atoms with Crippen molar-refractivity contribution in [3.8, 4) is 11.5 Å². The van der Waals surface area contributed by atoms with Crippen LogP contribution in [0.2, 0.25) is 0 Å². The molecule has 1 aromatic rings. The fourth-order valence-corrected chi connectivity index (χ4v) is 5.21. The summed E-state index contributed by atoms with van der Waals surface area (Å²) in [4.78, 5) is 52.7. The molecule has 2 aliphatic heterocycles. The van der Waals surface area contributed by atoms with Crippen molar-refractivity contribution in [2.45, 2.75) is 82.2 Å². The van der Waals surface area contributed by atoms with Crippen LogP contribution in [0.3, 0.4) is 0 Å². The van der Waals surface area contributed by atoms with E-state index in [2.05, 4.69) is 27.3 Å². The predicted octanol–water partition coefficient (Wildman–Crippen LogP) is 0.655. The molecule has 2 saturated heterocycles. The highest BCUT2D eigenvalue weighted by atomic mass is 16.6. The summed E-state index contributed by atoms with van der Waals surface area (Å²) in [6.45, 7) is 5.31. The molecule has 230 valence electrons. The average molecular weight is 587 g/mol.